The van der Waals surface area contributed by atoms with Gasteiger partial charge in [0.25, 0.3) is 5.91 Å². The van der Waals surface area contributed by atoms with Crippen LogP contribution in [0.5, 0.6) is 5.75 Å². The average Bonchev–Trinajstić information content (AvgIpc) is 2.38. The van der Waals surface area contributed by atoms with E-state index < -0.39 is 11.7 Å². The summed E-state index contributed by atoms with van der Waals surface area (Å²) in [7, 11) is 1.47. The Hall–Kier alpha value is -1.59. The molecule has 2 aromatic rings. The summed E-state index contributed by atoms with van der Waals surface area (Å²) < 4.78 is 19.3. The number of ether oxygens (including phenoxy) is 1. The van der Waals surface area contributed by atoms with Crippen LogP contribution in [0.2, 0.25) is 5.02 Å². The normalized spacial score (nSPS) is 10.2. The molecule has 2 aromatic carbocycles. The van der Waals surface area contributed by atoms with Crippen LogP contribution in [-0.4, -0.2) is 13.0 Å². The minimum atomic E-state index is -0.593. The van der Waals surface area contributed by atoms with E-state index in [4.69, 9.17) is 16.3 Å². The fourth-order valence-electron chi connectivity index (χ4n) is 1.70. The van der Waals surface area contributed by atoms with Crippen LogP contribution in [0.1, 0.15) is 10.4 Å². The van der Waals surface area contributed by atoms with Gasteiger partial charge in [0.05, 0.1) is 22.8 Å². The van der Waals surface area contributed by atoms with E-state index in [1.165, 1.54) is 31.4 Å². The quantitative estimate of drug-likeness (QED) is 0.877. The van der Waals surface area contributed by atoms with Gasteiger partial charge in [0.1, 0.15) is 5.82 Å². The maximum Gasteiger partial charge on any atom is 0.258 e. The smallest absolute Gasteiger partial charge is 0.258 e. The highest BCUT2D eigenvalue weighted by atomic mass is 79.9. The fourth-order valence-corrected chi connectivity index (χ4v) is 2.67. The molecule has 6 heteroatoms. The Bertz CT molecular complexity index is 664. The number of carbonyl (C=O) groups is 1. The highest BCUT2D eigenvalue weighted by Crippen LogP contribution is 2.36. The van der Waals surface area contributed by atoms with Crippen molar-refractivity contribution in [3.63, 3.8) is 0 Å². The summed E-state index contributed by atoms with van der Waals surface area (Å²) in [5, 5.41) is 3.00. The average molecular weight is 359 g/mol. The van der Waals surface area contributed by atoms with Crippen molar-refractivity contribution < 1.29 is 13.9 Å². The Kier molecular flexibility index (Phi) is 4.62. The molecular formula is C14H10BrClFNO2. The lowest BCUT2D eigenvalue weighted by molar-refractivity contribution is 0.102. The van der Waals surface area contributed by atoms with Crippen LogP contribution >= 0.6 is 27.5 Å². The highest BCUT2D eigenvalue weighted by molar-refractivity contribution is 9.10. The van der Waals surface area contributed by atoms with Crippen LogP contribution in [0.3, 0.4) is 0 Å². The number of rotatable bonds is 3. The number of carbonyl (C=O) groups excluding carboxylic acids is 1. The third-order valence-corrected chi connectivity index (χ3v) is 3.39. The second kappa shape index (κ2) is 6.24. The van der Waals surface area contributed by atoms with Crippen molar-refractivity contribution in [2.45, 2.75) is 0 Å². The van der Waals surface area contributed by atoms with Gasteiger partial charge in [0.15, 0.2) is 5.75 Å². The lowest BCUT2D eigenvalue weighted by atomic mass is 10.2. The molecule has 104 valence electrons. The number of hydrogen-bond acceptors (Lipinski definition) is 2. The van der Waals surface area contributed by atoms with E-state index in [-0.39, 0.29) is 5.56 Å². The first kappa shape index (κ1) is 14.8. The Morgan fingerprint density at radius 2 is 2.05 bits per heavy atom. The zero-order chi connectivity index (χ0) is 14.7. The standard InChI is InChI=1S/C14H10BrClFNO2/c1-20-13-10(15)6-8(16)7-12(13)18-14(19)9-4-2-3-5-11(9)17/h2-7H,1H3,(H,18,19). The summed E-state index contributed by atoms with van der Waals surface area (Å²) in [4.78, 5) is 12.1. The molecule has 0 aromatic heterocycles. The van der Waals surface area contributed by atoms with Crippen molar-refractivity contribution in [3.8, 4) is 5.75 Å². The van der Waals surface area contributed by atoms with Gasteiger partial charge in [-0.15, -0.1) is 0 Å². The molecule has 20 heavy (non-hydrogen) atoms. The third kappa shape index (κ3) is 3.11. The first-order valence-corrected chi connectivity index (χ1v) is 6.79. The van der Waals surface area contributed by atoms with Gasteiger partial charge < -0.3 is 10.1 Å². The first-order valence-electron chi connectivity index (χ1n) is 5.62. The molecule has 0 bridgehead atoms. The zero-order valence-corrected chi connectivity index (χ0v) is 12.8. The maximum absolute atomic E-state index is 13.6. The molecule has 1 amide bonds. The Balaban J connectivity index is 2.35. The van der Waals surface area contributed by atoms with Crippen molar-refractivity contribution >= 4 is 39.1 Å². The Morgan fingerprint density at radius 1 is 1.35 bits per heavy atom. The lowest BCUT2D eigenvalue weighted by Gasteiger charge is -2.12. The van der Waals surface area contributed by atoms with Gasteiger partial charge in [-0.05, 0) is 40.2 Å². The predicted octanol–water partition coefficient (Wildman–Crippen LogP) is 4.50. The Morgan fingerprint density at radius 3 is 2.70 bits per heavy atom. The molecule has 0 fully saturated rings. The van der Waals surface area contributed by atoms with Gasteiger partial charge >= 0.3 is 0 Å². The van der Waals surface area contributed by atoms with Crippen molar-refractivity contribution in [1.82, 2.24) is 0 Å². The van der Waals surface area contributed by atoms with E-state index in [0.29, 0.717) is 20.9 Å². The second-order valence-corrected chi connectivity index (χ2v) is 5.19. The number of anilines is 1. The molecule has 0 atom stereocenters. The molecule has 0 saturated heterocycles. The molecule has 0 aliphatic heterocycles. The van der Waals surface area contributed by atoms with Gasteiger partial charge in [-0.3, -0.25) is 4.79 Å². The second-order valence-electron chi connectivity index (χ2n) is 3.90. The van der Waals surface area contributed by atoms with Gasteiger partial charge in [0.2, 0.25) is 0 Å². The summed E-state index contributed by atoms with van der Waals surface area (Å²) >= 11 is 9.21. The van der Waals surface area contributed by atoms with Gasteiger partial charge in [-0.25, -0.2) is 4.39 Å². The summed E-state index contributed by atoms with van der Waals surface area (Å²) in [6.07, 6.45) is 0. The molecule has 1 N–H and O–H groups in total. The summed E-state index contributed by atoms with van der Waals surface area (Å²) in [5.74, 6) is -0.750. The molecule has 0 unspecified atom stereocenters. The summed E-state index contributed by atoms with van der Waals surface area (Å²) in [6, 6.07) is 8.89. The molecule has 0 heterocycles. The lowest BCUT2D eigenvalue weighted by Crippen LogP contribution is -2.14. The van der Waals surface area contributed by atoms with E-state index in [1.807, 2.05) is 0 Å². The largest absolute Gasteiger partial charge is 0.493 e. The molecule has 0 saturated carbocycles. The van der Waals surface area contributed by atoms with Crippen molar-refractivity contribution in [2.24, 2.45) is 0 Å². The fraction of sp³-hybridized carbons (Fsp3) is 0.0714. The van der Waals surface area contributed by atoms with Gasteiger partial charge in [-0.2, -0.15) is 0 Å². The van der Waals surface area contributed by atoms with Crippen LogP contribution in [0.15, 0.2) is 40.9 Å². The molecule has 0 spiro atoms. The monoisotopic (exact) mass is 357 g/mol. The third-order valence-electron chi connectivity index (χ3n) is 2.58. The highest BCUT2D eigenvalue weighted by Gasteiger charge is 2.15. The van der Waals surface area contributed by atoms with Crippen LogP contribution in [0, 0.1) is 5.82 Å². The predicted molar refractivity (Wildman–Crippen MR) is 80.1 cm³/mol. The molecular weight excluding hydrogens is 349 g/mol. The maximum atomic E-state index is 13.6. The van der Waals surface area contributed by atoms with Gasteiger partial charge in [0, 0.05) is 5.02 Å². The first-order chi connectivity index (χ1) is 9.52. The van der Waals surface area contributed by atoms with Gasteiger partial charge in [-0.1, -0.05) is 23.7 Å². The van der Waals surface area contributed by atoms with E-state index >= 15 is 0 Å². The van der Waals surface area contributed by atoms with E-state index in [9.17, 15) is 9.18 Å². The van der Waals surface area contributed by atoms with Crippen molar-refractivity contribution in [3.05, 3.63) is 57.3 Å². The number of amides is 1. The van der Waals surface area contributed by atoms with E-state index in [0.717, 1.165) is 0 Å². The SMILES string of the molecule is COc1c(Br)cc(Cl)cc1NC(=O)c1ccccc1F. The number of nitrogens with one attached hydrogen (secondary N) is 1. The summed E-state index contributed by atoms with van der Waals surface area (Å²) in [5.41, 5.74) is 0.311. The zero-order valence-electron chi connectivity index (χ0n) is 10.4. The number of hydrogen-bond donors (Lipinski definition) is 1. The van der Waals surface area contributed by atoms with Crippen molar-refractivity contribution in [2.75, 3.05) is 12.4 Å². The van der Waals surface area contributed by atoms with Crippen LogP contribution in [-0.2, 0) is 0 Å². The van der Waals surface area contributed by atoms with Crippen LogP contribution < -0.4 is 10.1 Å². The minimum Gasteiger partial charge on any atom is -0.493 e. The number of methoxy groups -OCH3 is 1. The topological polar surface area (TPSA) is 38.3 Å². The number of halogens is 3. The Labute approximate surface area is 128 Å². The van der Waals surface area contributed by atoms with E-state index in [2.05, 4.69) is 21.2 Å². The van der Waals surface area contributed by atoms with Crippen LogP contribution in [0.25, 0.3) is 0 Å². The molecule has 2 rings (SSSR count). The summed E-state index contributed by atoms with van der Waals surface area (Å²) in [6.45, 7) is 0. The molecule has 0 aliphatic rings. The van der Waals surface area contributed by atoms with Crippen molar-refractivity contribution in [1.29, 1.82) is 0 Å². The molecule has 3 nitrogen and oxygen atoms in total. The van der Waals surface area contributed by atoms with Crippen LogP contribution in [0.4, 0.5) is 10.1 Å². The molecule has 0 radical (unpaired) electrons. The molecule has 0 aliphatic carbocycles. The minimum absolute atomic E-state index is 0.0503. The van der Waals surface area contributed by atoms with E-state index in [1.54, 1.807) is 12.1 Å². The number of benzene rings is 2.